The van der Waals surface area contributed by atoms with Crippen molar-refractivity contribution in [1.29, 1.82) is 0 Å². The van der Waals surface area contributed by atoms with Gasteiger partial charge in [0, 0.05) is 33.1 Å². The van der Waals surface area contributed by atoms with E-state index in [1.54, 1.807) is 6.92 Å². The molecule has 1 aromatic rings. The molecular formula is C12H18N2O2. The van der Waals surface area contributed by atoms with Gasteiger partial charge in [0.25, 0.3) is 0 Å². The van der Waals surface area contributed by atoms with Crippen LogP contribution in [0.4, 0.5) is 0 Å². The zero-order valence-electron chi connectivity index (χ0n) is 16.2. The lowest BCUT2D eigenvalue weighted by atomic mass is 9.89. The van der Waals surface area contributed by atoms with Crippen molar-refractivity contribution in [1.82, 2.24) is 9.55 Å². The smallest absolute Gasteiger partial charge is 0.309 e. The Kier molecular flexibility index (Phi) is 1.43. The van der Waals surface area contributed by atoms with Crippen molar-refractivity contribution >= 4 is 5.97 Å². The maximum Gasteiger partial charge on any atom is 0.309 e. The highest BCUT2D eigenvalue weighted by molar-refractivity contribution is 5.74. The number of cyclic esters (lactones) is 1. The quantitative estimate of drug-likeness (QED) is 0.737. The standard InChI is InChI=1S/C12H18N2O2/c1-4-11-9(7-16-12(11)15)5-10-6-13-8(2)14(10)3/h6,9,11H,4-5,7H2,1-3H3/t9-,11-/m0/s1/i1D3,5D2,6D,11D. The fourth-order valence-corrected chi connectivity index (χ4v) is 1.56. The number of aryl methyl sites for hydroxylation is 1. The van der Waals surface area contributed by atoms with Crippen LogP contribution >= 0.6 is 0 Å². The molecule has 1 aliphatic heterocycles. The monoisotopic (exact) mass is 229 g/mol. The summed E-state index contributed by atoms with van der Waals surface area (Å²) in [4.78, 5) is 15.8. The number of ether oxygens (including phenoxy) is 1. The molecule has 2 heterocycles. The van der Waals surface area contributed by atoms with Crippen LogP contribution in [0.5, 0.6) is 0 Å². The third-order valence-corrected chi connectivity index (χ3v) is 2.71. The lowest BCUT2D eigenvalue weighted by molar-refractivity contribution is -0.141. The van der Waals surface area contributed by atoms with Crippen LogP contribution in [0.2, 0.25) is 0 Å². The molecule has 0 amide bonds. The molecule has 1 aromatic heterocycles. The van der Waals surface area contributed by atoms with Gasteiger partial charge in [-0.2, -0.15) is 0 Å². The zero-order chi connectivity index (χ0) is 17.8. The molecule has 4 nitrogen and oxygen atoms in total. The molecule has 0 unspecified atom stereocenters. The second-order valence-corrected chi connectivity index (χ2v) is 3.68. The van der Waals surface area contributed by atoms with E-state index < -0.39 is 44.0 Å². The van der Waals surface area contributed by atoms with Crippen LogP contribution in [0, 0.1) is 18.7 Å². The third kappa shape index (κ3) is 1.84. The predicted octanol–water partition coefficient (Wildman–Crippen LogP) is 1.47. The number of rotatable bonds is 3. The first-order valence-corrected chi connectivity index (χ1v) is 4.98. The highest BCUT2D eigenvalue weighted by Crippen LogP contribution is 2.28. The zero-order valence-corrected chi connectivity index (χ0v) is 9.20. The lowest BCUT2D eigenvalue weighted by Crippen LogP contribution is -2.18. The second-order valence-electron chi connectivity index (χ2n) is 3.68. The van der Waals surface area contributed by atoms with Gasteiger partial charge in [0.15, 0.2) is 0 Å². The van der Waals surface area contributed by atoms with Gasteiger partial charge in [-0.25, -0.2) is 4.98 Å². The average Bonchev–Trinajstić information content (AvgIpc) is 2.76. The van der Waals surface area contributed by atoms with Crippen LogP contribution in [0.15, 0.2) is 6.17 Å². The maximum atomic E-state index is 11.9. The highest BCUT2D eigenvalue weighted by atomic mass is 16.5. The Morgan fingerprint density at radius 1 is 1.94 bits per heavy atom. The van der Waals surface area contributed by atoms with Crippen LogP contribution in [-0.2, 0) is 23.0 Å². The van der Waals surface area contributed by atoms with Crippen LogP contribution in [0.25, 0.3) is 0 Å². The second kappa shape index (κ2) is 4.28. The molecule has 16 heavy (non-hydrogen) atoms. The summed E-state index contributed by atoms with van der Waals surface area (Å²) < 4.78 is 61.0. The predicted molar refractivity (Wildman–Crippen MR) is 59.9 cm³/mol. The molecule has 0 bridgehead atoms. The highest BCUT2D eigenvalue weighted by Gasteiger charge is 2.35. The van der Waals surface area contributed by atoms with E-state index in [0.29, 0.717) is 5.82 Å². The summed E-state index contributed by atoms with van der Waals surface area (Å²) >= 11 is 0. The number of carbonyl (C=O) groups excluding carboxylic acids is 1. The van der Waals surface area contributed by atoms with E-state index in [0.717, 1.165) is 0 Å². The molecule has 0 saturated carbocycles. The van der Waals surface area contributed by atoms with Crippen molar-refractivity contribution < 1.29 is 19.1 Å². The Labute approximate surface area is 105 Å². The minimum absolute atomic E-state index is 0.0968. The fourth-order valence-electron chi connectivity index (χ4n) is 1.56. The number of aromatic nitrogens is 2. The molecule has 2 atom stereocenters. The van der Waals surface area contributed by atoms with Crippen LogP contribution in [-0.4, -0.2) is 22.1 Å². The first kappa shape index (κ1) is 5.34. The summed E-state index contributed by atoms with van der Waals surface area (Å²) in [5.74, 6) is -4.22. The molecule has 2 rings (SSSR count). The number of carbonyl (C=O) groups is 1. The van der Waals surface area contributed by atoms with Gasteiger partial charge in [-0.05, 0) is 19.7 Å². The maximum absolute atomic E-state index is 11.9. The Morgan fingerprint density at radius 2 is 2.75 bits per heavy atom. The van der Waals surface area contributed by atoms with Crippen molar-refractivity contribution in [2.24, 2.45) is 18.9 Å². The Bertz CT molecular complexity index is 640. The van der Waals surface area contributed by atoms with Crippen molar-refractivity contribution in [3.8, 4) is 0 Å². The van der Waals surface area contributed by atoms with E-state index in [1.165, 1.54) is 11.6 Å². The van der Waals surface area contributed by atoms with Gasteiger partial charge in [-0.15, -0.1) is 0 Å². The number of esters is 1. The van der Waals surface area contributed by atoms with E-state index in [9.17, 15) is 4.79 Å². The third-order valence-electron chi connectivity index (χ3n) is 2.71. The Hall–Kier alpha value is -1.32. The normalized spacial score (nSPS) is 37.5. The molecule has 88 valence electrons. The van der Waals surface area contributed by atoms with Gasteiger partial charge < -0.3 is 9.30 Å². The summed E-state index contributed by atoms with van der Waals surface area (Å²) in [6.07, 6.45) is -3.43. The van der Waals surface area contributed by atoms with Gasteiger partial charge in [0.05, 0.1) is 13.9 Å². The number of nitrogens with zero attached hydrogens (tertiary/aromatic N) is 2. The van der Waals surface area contributed by atoms with E-state index in [2.05, 4.69) is 4.98 Å². The van der Waals surface area contributed by atoms with Crippen molar-refractivity contribution in [2.45, 2.75) is 26.6 Å². The van der Waals surface area contributed by atoms with Gasteiger partial charge >= 0.3 is 5.97 Å². The summed E-state index contributed by atoms with van der Waals surface area (Å²) in [5, 5.41) is 0. The number of hydrogen-bond donors (Lipinski definition) is 0. The number of imidazole rings is 1. The minimum atomic E-state index is -2.58. The average molecular weight is 229 g/mol. The first-order valence-electron chi connectivity index (χ1n) is 8.48. The molecule has 0 radical (unpaired) electrons. The molecule has 0 aromatic carbocycles. The fraction of sp³-hybridized carbons (Fsp3) is 0.667. The van der Waals surface area contributed by atoms with E-state index in [-0.39, 0.29) is 11.9 Å². The summed E-state index contributed by atoms with van der Waals surface area (Å²) in [5.41, 5.74) is -0.0968. The summed E-state index contributed by atoms with van der Waals surface area (Å²) in [6, 6.07) is 0. The number of hydrogen-bond acceptors (Lipinski definition) is 3. The Balaban J connectivity index is 2.51. The van der Waals surface area contributed by atoms with Crippen molar-refractivity contribution in [3.63, 3.8) is 0 Å². The van der Waals surface area contributed by atoms with Crippen molar-refractivity contribution in [2.75, 3.05) is 6.61 Å². The first-order chi connectivity index (χ1) is 10.3. The van der Waals surface area contributed by atoms with E-state index >= 15 is 0 Å². The molecule has 0 N–H and O–H groups in total. The Morgan fingerprint density at radius 3 is 3.38 bits per heavy atom. The summed E-state index contributed by atoms with van der Waals surface area (Å²) in [7, 11) is 1.53. The van der Waals surface area contributed by atoms with E-state index in [1.807, 2.05) is 0 Å². The minimum Gasteiger partial charge on any atom is -0.465 e. The van der Waals surface area contributed by atoms with Crippen LogP contribution in [0.3, 0.4) is 0 Å². The summed E-state index contributed by atoms with van der Waals surface area (Å²) in [6.45, 7) is -1.38. The topological polar surface area (TPSA) is 44.1 Å². The molecule has 1 aliphatic rings. The van der Waals surface area contributed by atoms with Crippen molar-refractivity contribution in [3.05, 3.63) is 17.7 Å². The van der Waals surface area contributed by atoms with E-state index in [4.69, 9.17) is 14.3 Å². The largest absolute Gasteiger partial charge is 0.465 e. The lowest BCUT2D eigenvalue weighted by Gasteiger charge is -2.13. The molecule has 1 fully saturated rings. The molecular weight excluding hydrogens is 204 g/mol. The van der Waals surface area contributed by atoms with Crippen LogP contribution < -0.4 is 0 Å². The van der Waals surface area contributed by atoms with Gasteiger partial charge in [-0.3, -0.25) is 4.79 Å². The molecule has 0 aliphatic carbocycles. The van der Waals surface area contributed by atoms with Gasteiger partial charge in [0.1, 0.15) is 5.82 Å². The van der Waals surface area contributed by atoms with Crippen LogP contribution in [0.1, 0.15) is 34.4 Å². The SMILES string of the molecule is [2H]c1nc(C)n(C)c1C([2H])([2H])[C@H]1COC(=O)[C@@]1([2H])CC([2H])([2H])[2H]. The van der Waals surface area contributed by atoms with Gasteiger partial charge in [-0.1, -0.05) is 6.85 Å². The van der Waals surface area contributed by atoms with Gasteiger partial charge in [0.2, 0.25) is 0 Å². The molecule has 4 heteroatoms. The molecule has 1 saturated heterocycles. The molecule has 0 spiro atoms.